The quantitative estimate of drug-likeness (QED) is 0.298. The van der Waals surface area contributed by atoms with Crippen LogP contribution in [0.5, 0.6) is 5.88 Å². The zero-order valence-electron chi connectivity index (χ0n) is 28.9. The molecule has 2 fully saturated rings. The average Bonchev–Trinajstić information content (AvgIpc) is 3.59. The number of para-hydroxylation sites is 2. The molecule has 0 unspecified atom stereocenters. The lowest BCUT2D eigenvalue weighted by Crippen LogP contribution is -2.56. The SMILES string of the molecule is C=CC(F)(F)c1nc2ccccc2nc1O[C@@H]1C[C@H]2C(=O)N[C@]3(C(=O)OCC)C[C@H]3/C=C\CCCCC[C@H](NC(=O)OC(C)(C)C)C(=O)N2C1. The highest BCUT2D eigenvalue weighted by Gasteiger charge is 2.62. The topological polar surface area (TPSA) is 149 Å². The normalized spacial score (nSPS) is 26.7. The minimum absolute atomic E-state index is 0.110. The molecule has 14 heteroatoms. The molecular weight excluding hydrogens is 652 g/mol. The Kier molecular flexibility index (Phi) is 10.8. The van der Waals surface area contributed by atoms with Gasteiger partial charge in [0.25, 0.3) is 0 Å². The Balaban J connectivity index is 1.50. The minimum Gasteiger partial charge on any atom is -0.471 e. The fraction of sp³-hybridized carbons (Fsp3) is 0.556. The smallest absolute Gasteiger partial charge is 0.408 e. The largest absolute Gasteiger partial charge is 0.471 e. The number of aromatic nitrogens is 2. The first-order valence-electron chi connectivity index (χ1n) is 17.1. The Labute approximate surface area is 290 Å². The van der Waals surface area contributed by atoms with Crippen molar-refractivity contribution in [3.05, 3.63) is 54.8 Å². The molecule has 3 heterocycles. The van der Waals surface area contributed by atoms with E-state index in [2.05, 4.69) is 27.2 Å². The van der Waals surface area contributed by atoms with Crippen molar-refractivity contribution in [3.8, 4) is 5.88 Å². The summed E-state index contributed by atoms with van der Waals surface area (Å²) < 4.78 is 47.1. The van der Waals surface area contributed by atoms with Gasteiger partial charge in [-0.05, 0) is 71.6 Å². The number of esters is 1. The summed E-state index contributed by atoms with van der Waals surface area (Å²) in [6.45, 7) is 9.93. The van der Waals surface area contributed by atoms with Gasteiger partial charge in [-0.1, -0.05) is 43.7 Å². The van der Waals surface area contributed by atoms with Gasteiger partial charge in [-0.15, -0.1) is 0 Å². The molecule has 3 aliphatic rings. The third-order valence-electron chi connectivity index (χ3n) is 8.96. The van der Waals surface area contributed by atoms with Crippen molar-refractivity contribution in [1.29, 1.82) is 0 Å². The number of hydrogen-bond donors (Lipinski definition) is 2. The van der Waals surface area contributed by atoms with Crippen LogP contribution in [0.25, 0.3) is 11.0 Å². The van der Waals surface area contributed by atoms with E-state index in [0.717, 1.165) is 19.3 Å². The number of halogens is 2. The lowest BCUT2D eigenvalue weighted by atomic mass is 10.0. The van der Waals surface area contributed by atoms with Crippen molar-refractivity contribution in [3.63, 3.8) is 0 Å². The Morgan fingerprint density at radius 1 is 1.14 bits per heavy atom. The third kappa shape index (κ3) is 8.22. The van der Waals surface area contributed by atoms with Gasteiger partial charge in [0, 0.05) is 12.3 Å². The summed E-state index contributed by atoms with van der Waals surface area (Å²) in [5, 5.41) is 5.55. The van der Waals surface area contributed by atoms with Crippen LogP contribution in [0.15, 0.2) is 49.1 Å². The van der Waals surface area contributed by atoms with Gasteiger partial charge in [-0.25, -0.2) is 19.6 Å². The summed E-state index contributed by atoms with van der Waals surface area (Å²) in [6.07, 6.45) is 5.90. The molecule has 1 aromatic heterocycles. The van der Waals surface area contributed by atoms with E-state index >= 15 is 8.78 Å². The number of rotatable bonds is 7. The predicted molar refractivity (Wildman–Crippen MR) is 179 cm³/mol. The lowest BCUT2D eigenvalue weighted by molar-refractivity contribution is -0.150. The molecule has 50 heavy (non-hydrogen) atoms. The van der Waals surface area contributed by atoms with Gasteiger partial charge in [0.05, 0.1) is 24.2 Å². The predicted octanol–water partition coefficient (Wildman–Crippen LogP) is 5.11. The molecule has 2 N–H and O–H groups in total. The highest BCUT2D eigenvalue weighted by Crippen LogP contribution is 2.46. The number of carbonyl (C=O) groups excluding carboxylic acids is 4. The highest BCUT2D eigenvalue weighted by atomic mass is 19.3. The fourth-order valence-electron chi connectivity index (χ4n) is 6.38. The van der Waals surface area contributed by atoms with Crippen LogP contribution in [0, 0.1) is 5.92 Å². The molecule has 0 radical (unpaired) electrons. The first-order chi connectivity index (χ1) is 23.7. The van der Waals surface area contributed by atoms with Crippen LogP contribution in [-0.2, 0) is 29.8 Å². The van der Waals surface area contributed by atoms with E-state index in [0.29, 0.717) is 24.4 Å². The molecule has 1 aliphatic carbocycles. The number of hydrogen-bond acceptors (Lipinski definition) is 9. The summed E-state index contributed by atoms with van der Waals surface area (Å²) in [4.78, 5) is 64.3. The number of fused-ring (bicyclic) bond motifs is 3. The maximum absolute atomic E-state index is 15.1. The number of alkyl carbamates (subject to hydrolysis) is 1. The molecule has 5 rings (SSSR count). The van der Waals surface area contributed by atoms with Crippen molar-refractivity contribution in [2.24, 2.45) is 5.92 Å². The van der Waals surface area contributed by atoms with Crippen molar-refractivity contribution in [1.82, 2.24) is 25.5 Å². The molecule has 3 amide bonds. The van der Waals surface area contributed by atoms with E-state index in [-0.39, 0.29) is 37.4 Å². The van der Waals surface area contributed by atoms with Gasteiger partial charge in [0.1, 0.15) is 29.3 Å². The Morgan fingerprint density at radius 2 is 1.86 bits per heavy atom. The number of nitrogens with zero attached hydrogens (tertiary/aromatic N) is 3. The van der Waals surface area contributed by atoms with Gasteiger partial charge < -0.3 is 29.7 Å². The number of nitrogens with one attached hydrogen (secondary N) is 2. The summed E-state index contributed by atoms with van der Waals surface area (Å²) >= 11 is 0. The van der Waals surface area contributed by atoms with Crippen LogP contribution in [0.2, 0.25) is 0 Å². The van der Waals surface area contributed by atoms with Gasteiger partial charge >= 0.3 is 18.0 Å². The zero-order valence-corrected chi connectivity index (χ0v) is 28.9. The van der Waals surface area contributed by atoms with Gasteiger partial charge in [-0.3, -0.25) is 9.59 Å². The molecule has 12 nitrogen and oxygen atoms in total. The third-order valence-corrected chi connectivity index (χ3v) is 8.96. The maximum Gasteiger partial charge on any atom is 0.408 e. The van der Waals surface area contributed by atoms with E-state index in [9.17, 15) is 19.2 Å². The fourth-order valence-corrected chi connectivity index (χ4v) is 6.38. The molecule has 1 saturated carbocycles. The summed E-state index contributed by atoms with van der Waals surface area (Å²) in [5.41, 5.74) is -2.38. The van der Waals surface area contributed by atoms with Crippen LogP contribution < -0.4 is 15.4 Å². The van der Waals surface area contributed by atoms with Crippen LogP contribution in [-0.4, -0.2) is 81.2 Å². The zero-order chi connectivity index (χ0) is 36.3. The number of allylic oxidation sites excluding steroid dienone is 2. The van der Waals surface area contributed by atoms with Crippen molar-refractivity contribution in [2.75, 3.05) is 13.2 Å². The minimum atomic E-state index is -3.61. The molecule has 1 aromatic carbocycles. The van der Waals surface area contributed by atoms with Crippen molar-refractivity contribution >= 4 is 34.9 Å². The van der Waals surface area contributed by atoms with E-state index < -0.39 is 70.7 Å². The number of ether oxygens (including phenoxy) is 3. The summed E-state index contributed by atoms with van der Waals surface area (Å²) in [5.74, 6) is -6.16. The summed E-state index contributed by atoms with van der Waals surface area (Å²) in [7, 11) is 0. The Morgan fingerprint density at radius 3 is 2.54 bits per heavy atom. The molecule has 2 aliphatic heterocycles. The van der Waals surface area contributed by atoms with Crippen molar-refractivity contribution in [2.45, 2.75) is 108 Å². The number of benzene rings is 1. The van der Waals surface area contributed by atoms with Crippen LogP contribution in [0.1, 0.15) is 78.3 Å². The molecule has 5 atom stereocenters. The Bertz CT molecular complexity index is 1660. The maximum atomic E-state index is 15.1. The second-order valence-corrected chi connectivity index (χ2v) is 13.9. The highest BCUT2D eigenvalue weighted by molar-refractivity contribution is 5.96. The molecule has 2 aromatic rings. The van der Waals surface area contributed by atoms with E-state index in [1.54, 1.807) is 52.0 Å². The second-order valence-electron chi connectivity index (χ2n) is 13.9. The van der Waals surface area contributed by atoms with Crippen LogP contribution in [0.4, 0.5) is 13.6 Å². The monoisotopic (exact) mass is 697 g/mol. The van der Waals surface area contributed by atoms with Gasteiger partial charge in [-0.2, -0.15) is 8.78 Å². The van der Waals surface area contributed by atoms with Crippen LogP contribution >= 0.6 is 0 Å². The molecule has 0 bridgehead atoms. The van der Waals surface area contributed by atoms with Gasteiger partial charge in [0.2, 0.25) is 17.7 Å². The molecule has 1 saturated heterocycles. The van der Waals surface area contributed by atoms with E-state index in [4.69, 9.17) is 14.2 Å². The van der Waals surface area contributed by atoms with E-state index in [1.165, 1.54) is 4.90 Å². The molecular formula is C36H45F2N5O7. The van der Waals surface area contributed by atoms with Gasteiger partial charge in [0.15, 0.2) is 5.69 Å². The Hall–Kier alpha value is -4.62. The number of carbonyl (C=O) groups is 4. The molecule has 0 spiro atoms. The van der Waals surface area contributed by atoms with Crippen LogP contribution in [0.3, 0.4) is 0 Å². The second kappa shape index (κ2) is 14.7. The van der Waals surface area contributed by atoms with Crippen molar-refractivity contribution < 1.29 is 42.2 Å². The van der Waals surface area contributed by atoms with E-state index in [1.807, 2.05) is 12.2 Å². The number of alkyl halides is 2. The molecule has 270 valence electrons. The first-order valence-corrected chi connectivity index (χ1v) is 17.1. The lowest BCUT2D eigenvalue weighted by Gasteiger charge is -2.30. The standard InChI is InChI=1S/C36H45F2N5O7/c1-6-36(37,38)28-30(40-25-17-14-13-16-24(25)39-28)49-23-19-27-29(44)42-35(32(46)48-7-2)20-22(35)15-11-9-8-10-12-18-26(31(45)43(27)21-23)41-33(47)50-34(3,4)5/h6,11,13-17,22-23,26-27H,1,7-10,12,18-21H2,2-5H3,(H,41,47)(H,42,44)/b15-11-/t22-,23-,26+,27+,35-/m1/s1. The number of amides is 3. The average molecular weight is 698 g/mol. The summed E-state index contributed by atoms with van der Waals surface area (Å²) in [6, 6.07) is 4.22. The first kappa shape index (κ1) is 36.7.